The van der Waals surface area contributed by atoms with Gasteiger partial charge in [0.25, 0.3) is 0 Å². The summed E-state index contributed by atoms with van der Waals surface area (Å²) in [5.74, 6) is -0.0209. The molecular weight excluding hydrogens is 314 g/mol. The van der Waals surface area contributed by atoms with E-state index >= 15 is 0 Å². The fraction of sp³-hybridized carbons (Fsp3) is 0.250. The van der Waals surface area contributed by atoms with E-state index in [1.54, 1.807) is 23.4 Å². The number of nitrogens with one attached hydrogen (secondary N) is 1. The molecule has 0 saturated carbocycles. The molecule has 128 valence electrons. The molecule has 1 saturated heterocycles. The summed E-state index contributed by atoms with van der Waals surface area (Å²) in [6, 6.07) is 13.5. The van der Waals surface area contributed by atoms with Gasteiger partial charge < -0.3 is 10.2 Å². The number of benzene rings is 1. The zero-order valence-electron chi connectivity index (χ0n) is 14.0. The van der Waals surface area contributed by atoms with E-state index in [0.717, 1.165) is 17.5 Å². The maximum Gasteiger partial charge on any atom is 0.246 e. The summed E-state index contributed by atoms with van der Waals surface area (Å²) in [5, 5.41) is 2.93. The molecule has 1 atom stereocenters. The Bertz CT molecular complexity index is 744. The van der Waals surface area contributed by atoms with E-state index in [0.29, 0.717) is 19.5 Å². The molecule has 1 aliphatic heterocycles. The smallest absolute Gasteiger partial charge is 0.246 e. The normalized spacial score (nSPS) is 16.8. The molecule has 2 amide bonds. The minimum atomic E-state index is -0.0751. The lowest BCUT2D eigenvalue weighted by molar-refractivity contribution is -0.127. The average molecular weight is 335 g/mol. The summed E-state index contributed by atoms with van der Waals surface area (Å²) in [5.41, 5.74) is 1.94. The van der Waals surface area contributed by atoms with Gasteiger partial charge in [-0.3, -0.25) is 14.6 Å². The lowest BCUT2D eigenvalue weighted by Crippen LogP contribution is -2.41. The monoisotopic (exact) mass is 335 g/mol. The number of aromatic nitrogens is 1. The number of rotatable bonds is 6. The highest BCUT2D eigenvalue weighted by Gasteiger charge is 2.24. The molecule has 0 spiro atoms. The number of carbonyl (C=O) groups is 2. The van der Waals surface area contributed by atoms with Crippen molar-refractivity contribution >= 4 is 17.9 Å². The number of amides is 2. The predicted octanol–water partition coefficient (Wildman–Crippen LogP) is 2.40. The Kier molecular flexibility index (Phi) is 5.57. The minimum Gasteiger partial charge on any atom is -0.352 e. The number of nitrogens with zero attached hydrogens (tertiary/aromatic N) is 2. The van der Waals surface area contributed by atoms with Crippen LogP contribution in [-0.2, 0) is 16.1 Å². The SMILES string of the molecule is O=C1CC[C@@H](CN(Cc2cccnc2)C(=O)C=Cc2ccccc2)N1. The maximum absolute atomic E-state index is 12.7. The van der Waals surface area contributed by atoms with Gasteiger partial charge in [-0.25, -0.2) is 0 Å². The standard InChI is InChI=1S/C20H21N3O2/c24-19-10-9-18(22-19)15-23(14-17-7-4-12-21-13-17)20(25)11-8-16-5-2-1-3-6-16/h1-8,11-13,18H,9-10,14-15H2,(H,22,24)/t18-/m0/s1. The Balaban J connectivity index is 1.71. The second-order valence-corrected chi connectivity index (χ2v) is 6.13. The Hall–Kier alpha value is -2.95. The van der Waals surface area contributed by atoms with Gasteiger partial charge in [-0.15, -0.1) is 0 Å². The van der Waals surface area contributed by atoms with Gasteiger partial charge in [0, 0.05) is 44.0 Å². The van der Waals surface area contributed by atoms with E-state index in [-0.39, 0.29) is 17.9 Å². The molecule has 0 radical (unpaired) electrons. The summed E-state index contributed by atoms with van der Waals surface area (Å²) in [4.78, 5) is 30.0. The highest BCUT2D eigenvalue weighted by molar-refractivity contribution is 5.91. The molecule has 1 aromatic carbocycles. The molecule has 5 nitrogen and oxygen atoms in total. The van der Waals surface area contributed by atoms with E-state index in [4.69, 9.17) is 0 Å². The zero-order valence-corrected chi connectivity index (χ0v) is 14.0. The molecule has 0 bridgehead atoms. The van der Waals surface area contributed by atoms with E-state index in [9.17, 15) is 9.59 Å². The Morgan fingerprint density at radius 1 is 1.24 bits per heavy atom. The van der Waals surface area contributed by atoms with Crippen LogP contribution in [0.5, 0.6) is 0 Å². The van der Waals surface area contributed by atoms with Crippen LogP contribution in [0.2, 0.25) is 0 Å². The van der Waals surface area contributed by atoms with Gasteiger partial charge >= 0.3 is 0 Å². The number of hydrogen-bond donors (Lipinski definition) is 1. The van der Waals surface area contributed by atoms with Gasteiger partial charge in [0.1, 0.15) is 0 Å². The van der Waals surface area contributed by atoms with Crippen LogP contribution in [0.4, 0.5) is 0 Å². The molecule has 1 N–H and O–H groups in total. The van der Waals surface area contributed by atoms with Crippen molar-refractivity contribution in [1.82, 2.24) is 15.2 Å². The molecule has 25 heavy (non-hydrogen) atoms. The first kappa shape index (κ1) is 16.9. The molecule has 1 fully saturated rings. The van der Waals surface area contributed by atoms with Crippen LogP contribution < -0.4 is 5.32 Å². The topological polar surface area (TPSA) is 62.3 Å². The highest BCUT2D eigenvalue weighted by Crippen LogP contribution is 2.12. The van der Waals surface area contributed by atoms with Crippen LogP contribution in [0.3, 0.4) is 0 Å². The predicted molar refractivity (Wildman–Crippen MR) is 96.3 cm³/mol. The first-order chi connectivity index (χ1) is 12.2. The molecule has 0 unspecified atom stereocenters. The van der Waals surface area contributed by atoms with Crippen molar-refractivity contribution in [3.8, 4) is 0 Å². The van der Waals surface area contributed by atoms with Crippen molar-refractivity contribution < 1.29 is 9.59 Å². The third kappa shape index (κ3) is 5.01. The van der Waals surface area contributed by atoms with E-state index in [1.807, 2.05) is 48.5 Å². The summed E-state index contributed by atoms with van der Waals surface area (Å²) in [6.07, 6.45) is 8.16. The van der Waals surface area contributed by atoms with Crippen molar-refractivity contribution in [2.45, 2.75) is 25.4 Å². The third-order valence-electron chi connectivity index (χ3n) is 4.15. The lowest BCUT2D eigenvalue weighted by Gasteiger charge is -2.24. The largest absolute Gasteiger partial charge is 0.352 e. The summed E-state index contributed by atoms with van der Waals surface area (Å²) in [6.45, 7) is 0.969. The van der Waals surface area contributed by atoms with Crippen LogP contribution in [0, 0.1) is 0 Å². The fourth-order valence-corrected chi connectivity index (χ4v) is 2.86. The van der Waals surface area contributed by atoms with Gasteiger partial charge in [0.05, 0.1) is 0 Å². The Labute approximate surface area is 147 Å². The van der Waals surface area contributed by atoms with Gasteiger partial charge in [0.2, 0.25) is 11.8 Å². The second kappa shape index (κ2) is 8.24. The number of pyridine rings is 1. The average Bonchev–Trinajstić information content (AvgIpc) is 3.06. The molecule has 1 aromatic heterocycles. The first-order valence-corrected chi connectivity index (χ1v) is 8.41. The van der Waals surface area contributed by atoms with E-state index < -0.39 is 0 Å². The Morgan fingerprint density at radius 3 is 2.76 bits per heavy atom. The van der Waals surface area contributed by atoms with Crippen molar-refractivity contribution in [3.05, 3.63) is 72.1 Å². The molecule has 1 aliphatic rings. The highest BCUT2D eigenvalue weighted by atomic mass is 16.2. The molecular formula is C20H21N3O2. The van der Waals surface area contributed by atoms with Gasteiger partial charge in [0.15, 0.2) is 0 Å². The van der Waals surface area contributed by atoms with Crippen LogP contribution in [-0.4, -0.2) is 34.3 Å². The lowest BCUT2D eigenvalue weighted by atomic mass is 10.1. The fourth-order valence-electron chi connectivity index (χ4n) is 2.86. The minimum absolute atomic E-state index is 0.0123. The molecule has 0 aliphatic carbocycles. The molecule has 3 rings (SSSR count). The second-order valence-electron chi connectivity index (χ2n) is 6.13. The Morgan fingerprint density at radius 2 is 2.08 bits per heavy atom. The van der Waals surface area contributed by atoms with Gasteiger partial charge in [-0.1, -0.05) is 36.4 Å². The first-order valence-electron chi connectivity index (χ1n) is 8.41. The quantitative estimate of drug-likeness (QED) is 0.825. The van der Waals surface area contributed by atoms with Gasteiger partial charge in [-0.05, 0) is 29.7 Å². The van der Waals surface area contributed by atoms with Crippen molar-refractivity contribution in [3.63, 3.8) is 0 Å². The summed E-state index contributed by atoms with van der Waals surface area (Å²) in [7, 11) is 0. The van der Waals surface area contributed by atoms with Crippen molar-refractivity contribution in [1.29, 1.82) is 0 Å². The zero-order chi connectivity index (χ0) is 17.5. The van der Waals surface area contributed by atoms with Crippen LogP contribution in [0.15, 0.2) is 60.9 Å². The summed E-state index contributed by atoms with van der Waals surface area (Å²) < 4.78 is 0. The van der Waals surface area contributed by atoms with E-state index in [2.05, 4.69) is 10.3 Å². The van der Waals surface area contributed by atoms with Crippen molar-refractivity contribution in [2.75, 3.05) is 6.54 Å². The van der Waals surface area contributed by atoms with Crippen LogP contribution >= 0.6 is 0 Å². The van der Waals surface area contributed by atoms with Gasteiger partial charge in [-0.2, -0.15) is 0 Å². The summed E-state index contributed by atoms with van der Waals surface area (Å²) >= 11 is 0. The molecule has 2 heterocycles. The third-order valence-corrected chi connectivity index (χ3v) is 4.15. The molecule has 5 heteroatoms. The molecule has 2 aromatic rings. The van der Waals surface area contributed by atoms with Crippen molar-refractivity contribution in [2.24, 2.45) is 0 Å². The number of carbonyl (C=O) groups excluding carboxylic acids is 2. The van der Waals surface area contributed by atoms with Crippen LogP contribution in [0.25, 0.3) is 6.08 Å². The number of hydrogen-bond acceptors (Lipinski definition) is 3. The van der Waals surface area contributed by atoms with E-state index in [1.165, 1.54) is 0 Å². The maximum atomic E-state index is 12.7. The van der Waals surface area contributed by atoms with Crippen LogP contribution in [0.1, 0.15) is 24.0 Å².